The van der Waals surface area contributed by atoms with Gasteiger partial charge in [0.2, 0.25) is 0 Å². The van der Waals surface area contributed by atoms with Crippen molar-refractivity contribution >= 4 is 5.82 Å². The van der Waals surface area contributed by atoms with E-state index in [0.717, 1.165) is 48.7 Å². The molecule has 0 amide bonds. The Morgan fingerprint density at radius 3 is 2.91 bits per heavy atom. The molecule has 0 atom stereocenters. The Bertz CT molecular complexity index is 633. The zero-order chi connectivity index (χ0) is 15.5. The van der Waals surface area contributed by atoms with Crippen molar-refractivity contribution in [3.8, 4) is 0 Å². The molecule has 0 saturated heterocycles. The first-order valence-corrected chi connectivity index (χ1v) is 7.93. The smallest absolute Gasteiger partial charge is 0.130 e. The van der Waals surface area contributed by atoms with Gasteiger partial charge in [0.1, 0.15) is 11.6 Å². The van der Waals surface area contributed by atoms with Crippen LogP contribution in [0.25, 0.3) is 0 Å². The zero-order valence-electron chi connectivity index (χ0n) is 13.2. The van der Waals surface area contributed by atoms with E-state index in [9.17, 15) is 5.11 Å². The van der Waals surface area contributed by atoms with Crippen molar-refractivity contribution in [3.05, 3.63) is 35.5 Å². The van der Waals surface area contributed by atoms with Gasteiger partial charge in [0.15, 0.2) is 0 Å². The van der Waals surface area contributed by atoms with Crippen LogP contribution in [-0.2, 0) is 13.1 Å². The Kier molecular flexibility index (Phi) is 4.38. The van der Waals surface area contributed by atoms with E-state index >= 15 is 0 Å². The van der Waals surface area contributed by atoms with E-state index in [1.165, 1.54) is 0 Å². The molecule has 118 valence electrons. The lowest BCUT2D eigenvalue weighted by Crippen LogP contribution is -2.27. The molecular weight excluding hydrogens is 278 g/mol. The van der Waals surface area contributed by atoms with Crippen molar-refractivity contribution in [2.45, 2.75) is 58.2 Å². The first-order chi connectivity index (χ1) is 10.6. The number of aliphatic hydroxyl groups is 1. The number of rotatable bonds is 6. The molecule has 22 heavy (non-hydrogen) atoms. The van der Waals surface area contributed by atoms with E-state index in [4.69, 9.17) is 0 Å². The highest BCUT2D eigenvalue weighted by atomic mass is 16.3. The SMILES string of the molecule is CCCn1cc(CNc2cc(C3CC(O)C3)nc(C)n2)cn1. The van der Waals surface area contributed by atoms with E-state index < -0.39 is 0 Å². The molecule has 0 spiro atoms. The van der Waals surface area contributed by atoms with Crippen LogP contribution in [0.4, 0.5) is 5.82 Å². The molecule has 2 heterocycles. The van der Waals surface area contributed by atoms with Gasteiger partial charge in [0.25, 0.3) is 0 Å². The number of hydrogen-bond donors (Lipinski definition) is 2. The second-order valence-electron chi connectivity index (χ2n) is 6.01. The highest BCUT2D eigenvalue weighted by Crippen LogP contribution is 2.36. The first-order valence-electron chi connectivity index (χ1n) is 7.93. The number of nitrogens with one attached hydrogen (secondary N) is 1. The summed E-state index contributed by atoms with van der Waals surface area (Å²) in [5, 5.41) is 17.1. The molecule has 6 nitrogen and oxygen atoms in total. The average Bonchev–Trinajstić information content (AvgIpc) is 2.89. The molecule has 0 unspecified atom stereocenters. The second-order valence-corrected chi connectivity index (χ2v) is 6.01. The molecule has 1 aliphatic rings. The molecule has 1 saturated carbocycles. The molecule has 1 aliphatic carbocycles. The van der Waals surface area contributed by atoms with E-state index in [1.807, 2.05) is 23.9 Å². The monoisotopic (exact) mass is 301 g/mol. The van der Waals surface area contributed by atoms with Crippen LogP contribution in [0, 0.1) is 6.92 Å². The molecule has 0 aliphatic heterocycles. The number of aliphatic hydroxyl groups excluding tert-OH is 1. The van der Waals surface area contributed by atoms with Gasteiger partial charge >= 0.3 is 0 Å². The largest absolute Gasteiger partial charge is 0.393 e. The maximum absolute atomic E-state index is 9.45. The average molecular weight is 301 g/mol. The van der Waals surface area contributed by atoms with Gasteiger partial charge in [-0.25, -0.2) is 9.97 Å². The normalized spacial score (nSPS) is 20.7. The molecule has 0 aromatic carbocycles. The van der Waals surface area contributed by atoms with Crippen LogP contribution in [0.3, 0.4) is 0 Å². The van der Waals surface area contributed by atoms with Crippen LogP contribution in [-0.4, -0.2) is 31.0 Å². The van der Waals surface area contributed by atoms with Crippen molar-refractivity contribution in [3.63, 3.8) is 0 Å². The third kappa shape index (κ3) is 3.44. The van der Waals surface area contributed by atoms with E-state index in [-0.39, 0.29) is 6.10 Å². The van der Waals surface area contributed by atoms with Gasteiger partial charge in [-0.1, -0.05) is 6.92 Å². The van der Waals surface area contributed by atoms with Crippen molar-refractivity contribution in [2.24, 2.45) is 0 Å². The van der Waals surface area contributed by atoms with Gasteiger partial charge in [0, 0.05) is 42.5 Å². The maximum Gasteiger partial charge on any atom is 0.130 e. The van der Waals surface area contributed by atoms with Crippen LogP contribution >= 0.6 is 0 Å². The van der Waals surface area contributed by atoms with Crippen LogP contribution in [0.15, 0.2) is 18.5 Å². The summed E-state index contributed by atoms with van der Waals surface area (Å²) in [6.45, 7) is 5.69. The molecule has 0 radical (unpaired) electrons. The summed E-state index contributed by atoms with van der Waals surface area (Å²) in [5.41, 5.74) is 2.17. The van der Waals surface area contributed by atoms with Gasteiger partial charge in [-0.15, -0.1) is 0 Å². The first kappa shape index (κ1) is 15.0. The Labute approximate surface area is 130 Å². The number of aryl methyl sites for hydroxylation is 2. The summed E-state index contributed by atoms with van der Waals surface area (Å²) >= 11 is 0. The van der Waals surface area contributed by atoms with Crippen LogP contribution < -0.4 is 5.32 Å². The van der Waals surface area contributed by atoms with Crippen molar-refractivity contribution in [1.82, 2.24) is 19.7 Å². The number of anilines is 1. The summed E-state index contributed by atoms with van der Waals surface area (Å²) in [7, 11) is 0. The summed E-state index contributed by atoms with van der Waals surface area (Å²) < 4.78 is 1.96. The fourth-order valence-electron chi connectivity index (χ4n) is 2.76. The topological polar surface area (TPSA) is 75.9 Å². The molecule has 2 aromatic heterocycles. The lowest BCUT2D eigenvalue weighted by molar-refractivity contribution is 0.0731. The zero-order valence-corrected chi connectivity index (χ0v) is 13.2. The fraction of sp³-hybridized carbons (Fsp3) is 0.562. The van der Waals surface area contributed by atoms with Gasteiger partial charge in [-0.05, 0) is 26.2 Å². The van der Waals surface area contributed by atoms with Gasteiger partial charge < -0.3 is 10.4 Å². The van der Waals surface area contributed by atoms with E-state index in [1.54, 1.807) is 0 Å². The standard InChI is InChI=1S/C16H23N5O/c1-3-4-21-10-12(9-18-21)8-17-16-7-15(19-11(2)20-16)13-5-14(22)6-13/h7,9-10,13-14,22H,3-6,8H2,1-2H3,(H,17,19,20). The Morgan fingerprint density at radius 1 is 1.36 bits per heavy atom. The number of nitrogens with zero attached hydrogens (tertiary/aromatic N) is 4. The minimum Gasteiger partial charge on any atom is -0.393 e. The predicted molar refractivity (Wildman–Crippen MR) is 84.6 cm³/mol. The van der Waals surface area contributed by atoms with Gasteiger partial charge in [-0.3, -0.25) is 4.68 Å². The summed E-state index contributed by atoms with van der Waals surface area (Å²) in [6, 6.07) is 2.00. The lowest BCUT2D eigenvalue weighted by atomic mass is 9.80. The van der Waals surface area contributed by atoms with E-state index in [2.05, 4.69) is 33.5 Å². The third-order valence-electron chi connectivity index (χ3n) is 4.00. The van der Waals surface area contributed by atoms with Gasteiger partial charge in [0.05, 0.1) is 12.3 Å². The quantitative estimate of drug-likeness (QED) is 0.856. The highest BCUT2D eigenvalue weighted by Gasteiger charge is 2.30. The van der Waals surface area contributed by atoms with Crippen LogP contribution in [0.1, 0.15) is 49.2 Å². The fourth-order valence-corrected chi connectivity index (χ4v) is 2.76. The minimum absolute atomic E-state index is 0.166. The Hall–Kier alpha value is -1.95. The Balaban J connectivity index is 1.64. The molecule has 2 aromatic rings. The molecular formula is C16H23N5O. The molecule has 0 bridgehead atoms. The highest BCUT2D eigenvalue weighted by molar-refractivity contribution is 5.38. The molecule has 1 fully saturated rings. The molecule has 6 heteroatoms. The summed E-state index contributed by atoms with van der Waals surface area (Å²) in [5.74, 6) is 1.97. The maximum atomic E-state index is 9.45. The second kappa shape index (κ2) is 6.44. The summed E-state index contributed by atoms with van der Waals surface area (Å²) in [4.78, 5) is 8.93. The third-order valence-corrected chi connectivity index (χ3v) is 4.00. The predicted octanol–water partition coefficient (Wildman–Crippen LogP) is 2.24. The van der Waals surface area contributed by atoms with E-state index in [0.29, 0.717) is 12.5 Å². The van der Waals surface area contributed by atoms with Crippen molar-refractivity contribution in [2.75, 3.05) is 5.32 Å². The van der Waals surface area contributed by atoms with Crippen LogP contribution in [0.2, 0.25) is 0 Å². The lowest BCUT2D eigenvalue weighted by Gasteiger charge is -2.31. The number of aromatic nitrogens is 4. The molecule has 3 rings (SSSR count). The Morgan fingerprint density at radius 2 is 2.18 bits per heavy atom. The number of hydrogen-bond acceptors (Lipinski definition) is 5. The molecule has 2 N–H and O–H groups in total. The summed E-state index contributed by atoms with van der Waals surface area (Å²) in [6.07, 6.45) is 6.48. The van der Waals surface area contributed by atoms with Crippen LogP contribution in [0.5, 0.6) is 0 Å². The van der Waals surface area contributed by atoms with Gasteiger partial charge in [-0.2, -0.15) is 5.10 Å². The van der Waals surface area contributed by atoms with Crippen molar-refractivity contribution in [1.29, 1.82) is 0 Å². The minimum atomic E-state index is -0.166. The van der Waals surface area contributed by atoms with Crippen molar-refractivity contribution < 1.29 is 5.11 Å².